The molecule has 4 N–H and O–H groups in total. The van der Waals surface area contributed by atoms with Gasteiger partial charge in [0.2, 0.25) is 0 Å². The molecule has 110 valence electrons. The van der Waals surface area contributed by atoms with Crippen LogP contribution >= 0.6 is 0 Å². The number of carboxylic acid groups (broad SMARTS) is 2. The van der Waals surface area contributed by atoms with Crippen molar-refractivity contribution in [3.8, 4) is 0 Å². The zero-order valence-corrected chi connectivity index (χ0v) is 11.0. The highest BCUT2D eigenvalue weighted by atomic mass is 16.4. The van der Waals surface area contributed by atoms with Gasteiger partial charge in [-0.15, -0.1) is 0 Å². The van der Waals surface area contributed by atoms with Gasteiger partial charge in [-0.3, -0.25) is 0 Å². The van der Waals surface area contributed by atoms with Crippen molar-refractivity contribution in [2.75, 3.05) is 6.61 Å². The van der Waals surface area contributed by atoms with Gasteiger partial charge in [-0.2, -0.15) is 0 Å². The zero-order valence-electron chi connectivity index (χ0n) is 11.0. The number of aliphatic hydroxyl groups is 2. The first-order valence-electron chi connectivity index (χ1n) is 6.36. The minimum atomic E-state index is -1.20. The van der Waals surface area contributed by atoms with Crippen LogP contribution in [0.5, 0.6) is 0 Å². The quantitative estimate of drug-likeness (QED) is 0.539. The summed E-state index contributed by atoms with van der Waals surface area (Å²) in [5.41, 5.74) is -0.0366. The summed E-state index contributed by atoms with van der Waals surface area (Å²) in [7, 11) is 0. The molecule has 1 unspecified atom stereocenters. The summed E-state index contributed by atoms with van der Waals surface area (Å²) in [6, 6.07) is 3.59. The number of benzene rings is 1. The minimum absolute atomic E-state index is 0.0561. The van der Waals surface area contributed by atoms with E-state index in [1.165, 1.54) is 18.2 Å². The van der Waals surface area contributed by atoms with Gasteiger partial charge in [0.25, 0.3) is 0 Å². The van der Waals surface area contributed by atoms with E-state index in [1.54, 1.807) is 0 Å². The first-order chi connectivity index (χ1) is 9.47. The molecule has 0 aliphatic carbocycles. The predicted molar refractivity (Wildman–Crippen MR) is 70.9 cm³/mol. The Balaban J connectivity index is 2.91. The highest BCUT2D eigenvalue weighted by Crippen LogP contribution is 2.25. The second kappa shape index (κ2) is 7.62. The molecule has 0 aliphatic rings. The van der Waals surface area contributed by atoms with E-state index in [0.29, 0.717) is 25.7 Å². The largest absolute Gasteiger partial charge is 0.478 e. The normalized spacial score (nSPS) is 12.1. The van der Waals surface area contributed by atoms with Crippen molar-refractivity contribution < 1.29 is 30.0 Å². The predicted octanol–water partition coefficient (Wildman–Crippen LogP) is 1.67. The molecule has 1 aromatic rings. The van der Waals surface area contributed by atoms with E-state index in [0.717, 1.165) is 0 Å². The van der Waals surface area contributed by atoms with Crippen molar-refractivity contribution in [2.24, 2.45) is 0 Å². The van der Waals surface area contributed by atoms with Gasteiger partial charge in [0.15, 0.2) is 0 Å². The molecule has 0 saturated heterocycles. The van der Waals surface area contributed by atoms with Gasteiger partial charge in [0, 0.05) is 6.61 Å². The lowest BCUT2D eigenvalue weighted by atomic mass is 9.96. The lowest BCUT2D eigenvalue weighted by molar-refractivity contribution is 0.0674. The highest BCUT2D eigenvalue weighted by Gasteiger charge is 2.19. The van der Waals surface area contributed by atoms with Crippen molar-refractivity contribution in [3.63, 3.8) is 0 Å². The molecule has 1 rings (SSSR count). The van der Waals surface area contributed by atoms with Gasteiger partial charge in [-0.05, 0) is 36.6 Å². The Morgan fingerprint density at radius 2 is 1.75 bits per heavy atom. The standard InChI is InChI=1S/C14H18O6/c15-7-3-1-2-4-12(16)11-8-9(13(17)18)5-6-10(11)14(19)20/h5-6,8,12,15-16H,1-4,7H2,(H,17,18)(H,19,20). The van der Waals surface area contributed by atoms with Crippen LogP contribution in [0.4, 0.5) is 0 Å². The van der Waals surface area contributed by atoms with Crippen molar-refractivity contribution >= 4 is 11.9 Å². The molecule has 0 aliphatic heterocycles. The van der Waals surface area contributed by atoms with Crippen molar-refractivity contribution in [3.05, 3.63) is 34.9 Å². The Bertz CT molecular complexity index is 483. The Morgan fingerprint density at radius 1 is 1.05 bits per heavy atom. The Hall–Kier alpha value is -1.92. The molecule has 6 nitrogen and oxygen atoms in total. The van der Waals surface area contributed by atoms with Crippen LogP contribution in [0.2, 0.25) is 0 Å². The van der Waals surface area contributed by atoms with E-state index in [9.17, 15) is 14.7 Å². The van der Waals surface area contributed by atoms with Crippen molar-refractivity contribution in [1.29, 1.82) is 0 Å². The molecule has 0 amide bonds. The molecule has 6 heteroatoms. The molecule has 0 bridgehead atoms. The molecule has 0 spiro atoms. The van der Waals surface area contributed by atoms with Crippen molar-refractivity contribution in [1.82, 2.24) is 0 Å². The van der Waals surface area contributed by atoms with E-state index >= 15 is 0 Å². The van der Waals surface area contributed by atoms with Crippen LogP contribution in [-0.4, -0.2) is 39.0 Å². The second-order valence-electron chi connectivity index (χ2n) is 4.50. The van der Waals surface area contributed by atoms with E-state index in [1.807, 2.05) is 0 Å². The summed E-state index contributed by atoms with van der Waals surface area (Å²) >= 11 is 0. The minimum Gasteiger partial charge on any atom is -0.478 e. The number of hydrogen-bond acceptors (Lipinski definition) is 4. The lowest BCUT2D eigenvalue weighted by Crippen LogP contribution is -2.10. The Labute approximate surface area is 116 Å². The van der Waals surface area contributed by atoms with Gasteiger partial charge in [0.05, 0.1) is 17.2 Å². The van der Waals surface area contributed by atoms with Crippen LogP contribution in [0.15, 0.2) is 18.2 Å². The number of carbonyl (C=O) groups is 2. The van der Waals surface area contributed by atoms with Gasteiger partial charge in [0.1, 0.15) is 0 Å². The molecular formula is C14H18O6. The Morgan fingerprint density at radius 3 is 2.30 bits per heavy atom. The third-order valence-corrected chi connectivity index (χ3v) is 3.02. The number of hydrogen-bond donors (Lipinski definition) is 4. The average Bonchev–Trinajstić information content (AvgIpc) is 2.42. The summed E-state index contributed by atoms with van der Waals surface area (Å²) in [4.78, 5) is 22.0. The molecular weight excluding hydrogens is 264 g/mol. The number of unbranched alkanes of at least 4 members (excludes halogenated alkanes) is 2. The number of carboxylic acids is 2. The van der Waals surface area contributed by atoms with Crippen molar-refractivity contribution in [2.45, 2.75) is 31.8 Å². The summed E-state index contributed by atoms with van der Waals surface area (Å²) in [6.45, 7) is 0.0744. The molecule has 0 aromatic heterocycles. The van der Waals surface area contributed by atoms with Crippen LogP contribution in [0.25, 0.3) is 0 Å². The lowest BCUT2D eigenvalue weighted by Gasteiger charge is -2.14. The summed E-state index contributed by atoms with van der Waals surface area (Å²) in [5.74, 6) is -2.37. The molecule has 1 atom stereocenters. The third-order valence-electron chi connectivity index (χ3n) is 3.02. The van der Waals surface area contributed by atoms with E-state index in [-0.39, 0.29) is 23.3 Å². The molecule has 1 aromatic carbocycles. The van der Waals surface area contributed by atoms with E-state index in [4.69, 9.17) is 15.3 Å². The Kier molecular flexibility index (Phi) is 6.14. The maximum Gasteiger partial charge on any atom is 0.336 e. The maximum absolute atomic E-state index is 11.1. The fourth-order valence-corrected chi connectivity index (χ4v) is 1.95. The van der Waals surface area contributed by atoms with Crippen LogP contribution in [0.3, 0.4) is 0 Å². The monoisotopic (exact) mass is 282 g/mol. The van der Waals surface area contributed by atoms with Crippen LogP contribution in [0, 0.1) is 0 Å². The first kappa shape index (κ1) is 16.1. The number of aromatic carboxylic acids is 2. The SMILES string of the molecule is O=C(O)c1ccc(C(=O)O)c(C(O)CCCCCO)c1. The molecule has 20 heavy (non-hydrogen) atoms. The van der Waals surface area contributed by atoms with E-state index in [2.05, 4.69) is 0 Å². The summed E-state index contributed by atoms with van der Waals surface area (Å²) in [6.07, 6.45) is 1.25. The topological polar surface area (TPSA) is 115 Å². The molecule has 0 fully saturated rings. The highest BCUT2D eigenvalue weighted by molar-refractivity contribution is 5.93. The molecule has 0 heterocycles. The third kappa shape index (κ3) is 4.32. The van der Waals surface area contributed by atoms with Gasteiger partial charge in [-0.1, -0.05) is 12.8 Å². The zero-order chi connectivity index (χ0) is 15.1. The molecule has 0 radical (unpaired) electrons. The summed E-state index contributed by atoms with van der Waals surface area (Å²) in [5, 5.41) is 36.7. The summed E-state index contributed by atoms with van der Waals surface area (Å²) < 4.78 is 0. The number of aliphatic hydroxyl groups excluding tert-OH is 2. The van der Waals surface area contributed by atoms with Crippen LogP contribution in [0.1, 0.15) is 58.1 Å². The average molecular weight is 282 g/mol. The van der Waals surface area contributed by atoms with E-state index < -0.39 is 18.0 Å². The molecule has 0 saturated carbocycles. The fourth-order valence-electron chi connectivity index (χ4n) is 1.95. The van der Waals surface area contributed by atoms with Gasteiger partial charge in [-0.25, -0.2) is 9.59 Å². The smallest absolute Gasteiger partial charge is 0.336 e. The first-order valence-corrected chi connectivity index (χ1v) is 6.36. The number of rotatable bonds is 8. The maximum atomic E-state index is 11.1. The second-order valence-corrected chi connectivity index (χ2v) is 4.50. The fraction of sp³-hybridized carbons (Fsp3) is 0.429. The van der Waals surface area contributed by atoms with Crippen LogP contribution < -0.4 is 0 Å². The van der Waals surface area contributed by atoms with Gasteiger partial charge < -0.3 is 20.4 Å². The van der Waals surface area contributed by atoms with Gasteiger partial charge >= 0.3 is 11.9 Å². The van der Waals surface area contributed by atoms with Crippen LogP contribution in [-0.2, 0) is 0 Å².